The lowest BCUT2D eigenvalue weighted by Gasteiger charge is -2.09. The van der Waals surface area contributed by atoms with Crippen LogP contribution in [0.4, 0.5) is 0 Å². The number of rotatable bonds is 3. The number of halogens is 1. The van der Waals surface area contributed by atoms with Crippen molar-refractivity contribution in [3.63, 3.8) is 0 Å². The zero-order valence-electron chi connectivity index (χ0n) is 8.35. The first-order valence-electron chi connectivity index (χ1n) is 4.64. The van der Waals surface area contributed by atoms with Gasteiger partial charge in [0.25, 0.3) is 0 Å². The van der Waals surface area contributed by atoms with Crippen LogP contribution in [0, 0.1) is 0 Å². The zero-order valence-corrected chi connectivity index (χ0v) is 9.92. The minimum absolute atomic E-state index is 0.0697. The number of aryl methyl sites for hydroxylation is 1. The summed E-state index contributed by atoms with van der Waals surface area (Å²) in [6, 6.07) is 3.84. The van der Waals surface area contributed by atoms with Crippen LogP contribution < -0.4 is 5.73 Å². The van der Waals surface area contributed by atoms with Crippen molar-refractivity contribution in [1.29, 1.82) is 0 Å². The predicted octanol–water partition coefficient (Wildman–Crippen LogP) is 2.38. The molecule has 0 aliphatic heterocycles. The first kappa shape index (κ1) is 10.7. The lowest BCUT2D eigenvalue weighted by Crippen LogP contribution is -2.17. The highest BCUT2D eigenvalue weighted by atomic mass is 35.5. The van der Waals surface area contributed by atoms with Crippen molar-refractivity contribution in [1.82, 2.24) is 9.55 Å². The maximum Gasteiger partial charge on any atom is 0.125 e. The van der Waals surface area contributed by atoms with Crippen molar-refractivity contribution in [2.75, 3.05) is 0 Å². The first-order chi connectivity index (χ1) is 7.16. The van der Waals surface area contributed by atoms with E-state index >= 15 is 0 Å². The molecule has 0 saturated carbocycles. The summed E-state index contributed by atoms with van der Waals surface area (Å²) < 4.78 is 2.75. The molecule has 0 aromatic carbocycles. The Kier molecular flexibility index (Phi) is 3.09. The third-order valence-electron chi connectivity index (χ3n) is 2.24. The number of aromatic nitrogens is 2. The molecular formula is C10H12ClN3S. The van der Waals surface area contributed by atoms with E-state index in [1.807, 2.05) is 29.9 Å². The number of hydrogen-bond donors (Lipinski definition) is 1. The molecule has 3 nitrogen and oxygen atoms in total. The third kappa shape index (κ3) is 2.40. The molecule has 0 amide bonds. The minimum Gasteiger partial charge on any atom is -0.337 e. The van der Waals surface area contributed by atoms with Crippen molar-refractivity contribution < 1.29 is 0 Å². The smallest absolute Gasteiger partial charge is 0.125 e. The second-order valence-corrected chi connectivity index (χ2v) is 5.21. The summed E-state index contributed by atoms with van der Waals surface area (Å²) in [5.74, 6) is 0.902. The van der Waals surface area contributed by atoms with E-state index in [1.165, 1.54) is 4.88 Å². The Labute approximate surface area is 97.5 Å². The van der Waals surface area contributed by atoms with Crippen LogP contribution in [0.1, 0.15) is 16.7 Å². The van der Waals surface area contributed by atoms with Gasteiger partial charge in [-0.2, -0.15) is 0 Å². The van der Waals surface area contributed by atoms with Crippen LogP contribution in [0.3, 0.4) is 0 Å². The van der Waals surface area contributed by atoms with Gasteiger partial charge in [-0.05, 0) is 12.1 Å². The number of hydrogen-bond acceptors (Lipinski definition) is 3. The molecule has 5 heteroatoms. The molecule has 1 unspecified atom stereocenters. The summed E-state index contributed by atoms with van der Waals surface area (Å²) in [7, 11) is 1.95. The Bertz CT molecular complexity index is 449. The molecule has 2 rings (SSSR count). The first-order valence-corrected chi connectivity index (χ1v) is 5.83. The van der Waals surface area contributed by atoms with Gasteiger partial charge in [-0.1, -0.05) is 11.6 Å². The largest absolute Gasteiger partial charge is 0.337 e. The van der Waals surface area contributed by atoms with Gasteiger partial charge >= 0.3 is 0 Å². The fourth-order valence-electron chi connectivity index (χ4n) is 1.50. The maximum atomic E-state index is 6.06. The van der Waals surface area contributed by atoms with Gasteiger partial charge in [-0.3, -0.25) is 0 Å². The quantitative estimate of drug-likeness (QED) is 0.897. The number of nitrogens with zero attached hydrogens (tertiary/aromatic N) is 2. The third-order valence-corrected chi connectivity index (χ3v) is 3.49. The molecule has 80 valence electrons. The molecule has 0 spiro atoms. The Morgan fingerprint density at radius 3 is 2.93 bits per heavy atom. The summed E-state index contributed by atoms with van der Waals surface area (Å²) in [6.45, 7) is 0. The van der Waals surface area contributed by atoms with Gasteiger partial charge in [0.15, 0.2) is 0 Å². The fraction of sp³-hybridized carbons (Fsp3) is 0.300. The molecule has 0 saturated heterocycles. The molecule has 0 aliphatic carbocycles. The van der Waals surface area contributed by atoms with Crippen molar-refractivity contribution in [2.45, 2.75) is 12.5 Å². The fourth-order valence-corrected chi connectivity index (χ4v) is 2.65. The Morgan fingerprint density at radius 1 is 1.60 bits per heavy atom. The highest BCUT2D eigenvalue weighted by molar-refractivity contribution is 7.16. The van der Waals surface area contributed by atoms with E-state index in [1.54, 1.807) is 17.5 Å². The summed E-state index contributed by atoms with van der Waals surface area (Å²) in [5, 5.41) is 0. The molecule has 2 aromatic heterocycles. The molecule has 2 aromatic rings. The highest BCUT2D eigenvalue weighted by Gasteiger charge is 2.12. The van der Waals surface area contributed by atoms with Gasteiger partial charge in [0.2, 0.25) is 0 Å². The number of imidazole rings is 1. The van der Waals surface area contributed by atoms with Crippen LogP contribution in [0.2, 0.25) is 4.34 Å². The summed E-state index contributed by atoms with van der Waals surface area (Å²) in [4.78, 5) is 5.42. The topological polar surface area (TPSA) is 43.8 Å². The van der Waals surface area contributed by atoms with E-state index in [0.717, 1.165) is 16.6 Å². The summed E-state index contributed by atoms with van der Waals surface area (Å²) in [5.41, 5.74) is 6.06. The standard InChI is InChI=1S/C10H12ClN3S/c1-14-5-4-13-10(14)8(12)6-7-2-3-9(11)15-7/h2-5,8H,6,12H2,1H3. The molecule has 1 atom stereocenters. The number of nitrogens with two attached hydrogens (primary N) is 1. The van der Waals surface area contributed by atoms with Crippen LogP contribution in [0.25, 0.3) is 0 Å². The Balaban J connectivity index is 2.10. The van der Waals surface area contributed by atoms with Gasteiger partial charge in [-0.15, -0.1) is 11.3 Å². The van der Waals surface area contributed by atoms with E-state index in [9.17, 15) is 0 Å². The van der Waals surface area contributed by atoms with Crippen LogP contribution in [-0.4, -0.2) is 9.55 Å². The monoisotopic (exact) mass is 241 g/mol. The predicted molar refractivity (Wildman–Crippen MR) is 63.2 cm³/mol. The summed E-state index contributed by atoms with van der Waals surface area (Å²) in [6.07, 6.45) is 4.44. The van der Waals surface area contributed by atoms with Crippen molar-refractivity contribution >= 4 is 22.9 Å². The van der Waals surface area contributed by atoms with E-state index in [4.69, 9.17) is 17.3 Å². The maximum absolute atomic E-state index is 6.06. The molecule has 0 aliphatic rings. The van der Waals surface area contributed by atoms with Gasteiger partial charge in [0, 0.05) is 30.7 Å². The number of thiophene rings is 1. The van der Waals surface area contributed by atoms with Gasteiger partial charge in [0.1, 0.15) is 5.82 Å². The Morgan fingerprint density at radius 2 is 2.40 bits per heavy atom. The van der Waals surface area contributed by atoms with Gasteiger partial charge in [0.05, 0.1) is 10.4 Å². The Hall–Kier alpha value is -0.840. The van der Waals surface area contributed by atoms with E-state index in [-0.39, 0.29) is 6.04 Å². The van der Waals surface area contributed by atoms with E-state index < -0.39 is 0 Å². The summed E-state index contributed by atoms with van der Waals surface area (Å²) >= 11 is 7.42. The van der Waals surface area contributed by atoms with Gasteiger partial charge < -0.3 is 10.3 Å². The molecule has 2 N–H and O–H groups in total. The van der Waals surface area contributed by atoms with E-state index in [2.05, 4.69) is 4.98 Å². The second-order valence-electron chi connectivity index (χ2n) is 3.41. The van der Waals surface area contributed by atoms with Crippen LogP contribution in [0.5, 0.6) is 0 Å². The molecule has 15 heavy (non-hydrogen) atoms. The van der Waals surface area contributed by atoms with Crippen LogP contribution in [-0.2, 0) is 13.5 Å². The zero-order chi connectivity index (χ0) is 10.8. The lowest BCUT2D eigenvalue weighted by atomic mass is 10.2. The van der Waals surface area contributed by atoms with Crippen LogP contribution in [0.15, 0.2) is 24.5 Å². The SMILES string of the molecule is Cn1ccnc1C(N)Cc1ccc(Cl)s1. The van der Waals surface area contributed by atoms with Crippen molar-refractivity contribution in [3.05, 3.63) is 39.6 Å². The minimum atomic E-state index is -0.0697. The molecular weight excluding hydrogens is 230 g/mol. The van der Waals surface area contributed by atoms with Gasteiger partial charge in [-0.25, -0.2) is 4.98 Å². The molecule has 0 fully saturated rings. The lowest BCUT2D eigenvalue weighted by molar-refractivity contribution is 0.637. The average molecular weight is 242 g/mol. The molecule has 0 bridgehead atoms. The van der Waals surface area contributed by atoms with Crippen LogP contribution >= 0.6 is 22.9 Å². The molecule has 2 heterocycles. The second kappa shape index (κ2) is 4.35. The molecule has 0 radical (unpaired) electrons. The van der Waals surface area contributed by atoms with E-state index in [0.29, 0.717) is 0 Å². The highest BCUT2D eigenvalue weighted by Crippen LogP contribution is 2.24. The van der Waals surface area contributed by atoms with Crippen molar-refractivity contribution in [2.24, 2.45) is 12.8 Å². The average Bonchev–Trinajstić information content (AvgIpc) is 2.75. The van der Waals surface area contributed by atoms with Crippen molar-refractivity contribution in [3.8, 4) is 0 Å². The normalized spacial score (nSPS) is 13.0.